The van der Waals surface area contributed by atoms with Crippen molar-refractivity contribution in [3.63, 3.8) is 0 Å². The van der Waals surface area contributed by atoms with Crippen LogP contribution in [0.2, 0.25) is 0 Å². The molecule has 12 heterocycles. The van der Waals surface area contributed by atoms with Gasteiger partial charge in [-0.25, -0.2) is 19.9 Å². The van der Waals surface area contributed by atoms with E-state index >= 15 is 0 Å². The van der Waals surface area contributed by atoms with Crippen molar-refractivity contribution < 1.29 is 33.8 Å². The van der Waals surface area contributed by atoms with E-state index in [9.17, 15) is 29.6 Å². The van der Waals surface area contributed by atoms with E-state index in [-0.39, 0.29) is 29.2 Å². The molecule has 4 amide bonds. The van der Waals surface area contributed by atoms with Crippen molar-refractivity contribution in [1.82, 2.24) is 68.4 Å². The van der Waals surface area contributed by atoms with Gasteiger partial charge in [-0.3, -0.25) is 34.4 Å². The smallest absolute Gasteiger partial charge is 0.262 e. The monoisotopic (exact) mass is 1450 g/mol. The van der Waals surface area contributed by atoms with Crippen molar-refractivity contribution in [2.45, 2.75) is 75.0 Å². The van der Waals surface area contributed by atoms with Gasteiger partial charge in [0.2, 0.25) is 12.4 Å². The summed E-state index contributed by atoms with van der Waals surface area (Å²) in [4.78, 5) is 78.0. The highest BCUT2D eigenvalue weighted by Crippen LogP contribution is 2.46. The van der Waals surface area contributed by atoms with Gasteiger partial charge in [0.15, 0.2) is 35.0 Å². The number of anilines is 4. The molecule has 0 saturated heterocycles. The van der Waals surface area contributed by atoms with Crippen LogP contribution < -0.4 is 30.7 Å². The van der Waals surface area contributed by atoms with Crippen LogP contribution in [-0.2, 0) is 0 Å². The number of benzene rings is 4. The molecule has 4 aliphatic carbocycles. The summed E-state index contributed by atoms with van der Waals surface area (Å²) >= 11 is 0. The molecule has 110 heavy (non-hydrogen) atoms. The van der Waals surface area contributed by atoms with Crippen LogP contribution in [0.4, 0.5) is 23.3 Å². The summed E-state index contributed by atoms with van der Waals surface area (Å²) in [5.41, 5.74) is 16.5. The summed E-state index contributed by atoms with van der Waals surface area (Å²) in [5, 5.41) is 50.5. The van der Waals surface area contributed by atoms with Gasteiger partial charge < -0.3 is 26.5 Å². The summed E-state index contributed by atoms with van der Waals surface area (Å²) in [6.07, 6.45) is 28.4. The van der Waals surface area contributed by atoms with Crippen LogP contribution in [0.15, 0.2) is 268 Å². The fourth-order valence-corrected chi connectivity index (χ4v) is 12.9. The summed E-state index contributed by atoms with van der Waals surface area (Å²) in [6, 6.07) is 60.1. The highest BCUT2D eigenvalue weighted by Gasteiger charge is 2.33. The van der Waals surface area contributed by atoms with Crippen LogP contribution in [0.3, 0.4) is 0 Å². The number of hydrogen-bond donors (Lipinski definition) is 5. The maximum Gasteiger partial charge on any atom is 0.262 e. The lowest BCUT2D eigenvalue weighted by atomic mass is 10.1. The Kier molecular flexibility index (Phi) is 18.8. The molecule has 0 spiro atoms. The van der Waals surface area contributed by atoms with Gasteiger partial charge in [0.25, 0.3) is 23.6 Å². The molecule has 20 rings (SSSR count). The number of amides is 4. The van der Waals surface area contributed by atoms with E-state index < -0.39 is 0 Å². The highest BCUT2D eigenvalue weighted by atomic mass is 16.5. The number of nitrogens with one attached hydrogen (secondary N) is 4. The van der Waals surface area contributed by atoms with E-state index in [2.05, 4.69) is 51.6 Å². The SMILES string of the molecule is O=C(Nc1cc(-c2ccccc2)nc2c(C3CC3)cnn12)c1cc[n+](O)cc1.O=C(Nc1cc(-c2ccccc2)nc2c(C3CC3)cnn12)c1ccc[n+]([O-])c1.O=C(Nc1cc(-c2ccccc2)nc2c(C3CC3)cnn12)c1cccnc1.O=C(Nc1cc(-c2ccccc2)nc2c(C3CC3)cnn12)c1ccncc1. The summed E-state index contributed by atoms with van der Waals surface area (Å²) in [6.45, 7) is 0. The third-order valence-electron chi connectivity index (χ3n) is 19.3. The summed E-state index contributed by atoms with van der Waals surface area (Å²) < 4.78 is 8.28. The minimum absolute atomic E-state index is 0.201. The number of nitrogens with zero attached hydrogens (tertiary/aromatic N) is 16. The molecule has 0 unspecified atom stereocenters. The zero-order chi connectivity index (χ0) is 74.6. The van der Waals surface area contributed by atoms with Crippen molar-refractivity contribution in [2.24, 2.45) is 0 Å². The Morgan fingerprint density at radius 3 is 0.982 bits per heavy atom. The predicted molar refractivity (Wildman–Crippen MR) is 411 cm³/mol. The van der Waals surface area contributed by atoms with Crippen LogP contribution in [0.25, 0.3) is 67.6 Å². The average molecular weight is 1450 g/mol. The lowest BCUT2D eigenvalue weighted by molar-refractivity contribution is -0.904. The molecule has 0 aliphatic heterocycles. The Balaban J connectivity index is 0.000000107. The van der Waals surface area contributed by atoms with Gasteiger partial charge in [0, 0.05) is 122 Å². The first kappa shape index (κ1) is 68.5. The van der Waals surface area contributed by atoms with Crippen molar-refractivity contribution in [3.8, 4) is 45.0 Å². The number of carbonyl (C=O) groups excluding carboxylic acids is 4. The molecule has 4 aromatic carbocycles. The molecule has 4 fully saturated rings. The number of rotatable bonds is 16. The van der Waals surface area contributed by atoms with Crippen LogP contribution in [0.5, 0.6) is 0 Å². The lowest BCUT2D eigenvalue weighted by Crippen LogP contribution is -2.29. The zero-order valence-corrected chi connectivity index (χ0v) is 59.0. The van der Waals surface area contributed by atoms with Crippen molar-refractivity contribution in [3.05, 3.63) is 318 Å². The fourth-order valence-electron chi connectivity index (χ4n) is 12.9. The van der Waals surface area contributed by atoms with Crippen LogP contribution in [0, 0.1) is 5.21 Å². The first-order valence-electron chi connectivity index (χ1n) is 36.2. The lowest BCUT2D eigenvalue weighted by Gasteiger charge is -2.10. The predicted octanol–water partition coefficient (Wildman–Crippen LogP) is 14.1. The quantitative estimate of drug-likeness (QED) is 0.0341. The molecule has 5 N–H and O–H groups in total. The molecule has 12 aromatic heterocycles. The van der Waals surface area contributed by atoms with E-state index in [0.717, 1.165) is 146 Å². The van der Waals surface area contributed by atoms with Gasteiger partial charge in [0.05, 0.1) is 58.7 Å². The van der Waals surface area contributed by atoms with Crippen LogP contribution in [0.1, 0.15) is 139 Å². The molecule has 0 atom stereocenters. The molecular formula is C84H69N20O6+. The van der Waals surface area contributed by atoms with Gasteiger partial charge in [-0.2, -0.15) is 43.2 Å². The van der Waals surface area contributed by atoms with Crippen molar-refractivity contribution in [2.75, 3.05) is 21.3 Å². The number of aromatic nitrogens is 16. The Bertz CT molecular complexity index is 5890. The molecule has 4 saturated carbocycles. The Hall–Kier alpha value is -14.6. The second kappa shape index (κ2) is 30.1. The Morgan fingerprint density at radius 2 is 0.664 bits per heavy atom. The Labute approximate surface area is 628 Å². The molecule has 0 radical (unpaired) electrons. The molecule has 26 heteroatoms. The minimum Gasteiger partial charge on any atom is -0.619 e. The number of fused-ring (bicyclic) bond motifs is 4. The summed E-state index contributed by atoms with van der Waals surface area (Å²) in [5.74, 6) is 3.20. The van der Waals surface area contributed by atoms with E-state index in [0.29, 0.717) is 68.4 Å². The zero-order valence-electron chi connectivity index (χ0n) is 59.0. The number of hydrogen-bond acceptors (Lipinski definition) is 16. The van der Waals surface area contributed by atoms with Gasteiger partial charge in [0.1, 0.15) is 28.8 Å². The summed E-state index contributed by atoms with van der Waals surface area (Å²) in [7, 11) is 0. The van der Waals surface area contributed by atoms with Gasteiger partial charge >= 0.3 is 0 Å². The first-order valence-corrected chi connectivity index (χ1v) is 36.2. The van der Waals surface area contributed by atoms with E-state index in [1.165, 1.54) is 24.8 Å². The standard InChI is InChI=1S/2C21H17N5O2.2C21H17N5O/c27-21(16-7-4-10-25(28)13-16)24-19-11-18(15-5-2-1-3-6-15)23-20-17(14-8-9-14)12-22-26(19)20;27-21(16-8-10-25(28)11-9-16)24-19-12-18(15-4-2-1-3-5-15)23-20-17(14-6-7-14)13-22-26(19)20;27-21(16-7-4-10-22-12-16)25-19-11-18(15-5-2-1-3-6-15)24-20-17(14-8-9-14)13-23-26(19)20;27-21(16-8-10-22-11-9-16)25-19-12-18(15-4-2-1-3-5-15)24-20-17(14-6-7-14)13-23-26(19)20/h1-7,10-14H,8-9H2,(H,24,27);1-5,8-14H,6-7H2,(H-,22,23,24,27,28);1-7,10-14H,8-9H2,(H,25,27);1-5,8-14H,6-7H2,(H,25,27)/p+1. The first-order chi connectivity index (χ1) is 54.0. The maximum absolute atomic E-state index is 12.7. The number of carbonyl (C=O) groups is 4. The average Bonchev–Trinajstić information content (AvgIpc) is 1.63. The van der Waals surface area contributed by atoms with E-state index in [4.69, 9.17) is 19.9 Å². The largest absolute Gasteiger partial charge is 0.619 e. The highest BCUT2D eigenvalue weighted by molar-refractivity contribution is 6.06. The third kappa shape index (κ3) is 15.2. The normalized spacial score (nSPS) is 13.6. The number of pyridine rings is 4. The molecule has 16 aromatic rings. The van der Waals surface area contributed by atoms with Gasteiger partial charge in [-0.05, 0) is 105 Å². The van der Waals surface area contributed by atoms with Crippen LogP contribution >= 0.6 is 0 Å². The Morgan fingerprint density at radius 1 is 0.345 bits per heavy atom. The second-order valence-corrected chi connectivity index (χ2v) is 27.2. The molecular weight excluding hydrogens is 1390 g/mol. The topological polar surface area (TPSA) is 314 Å². The van der Waals surface area contributed by atoms with Gasteiger partial charge in [-0.1, -0.05) is 121 Å². The van der Waals surface area contributed by atoms with E-state index in [1.54, 1.807) is 97.4 Å². The second-order valence-electron chi connectivity index (χ2n) is 27.2. The molecule has 4 aliphatic rings. The molecule has 26 nitrogen and oxygen atoms in total. The van der Waals surface area contributed by atoms with Crippen molar-refractivity contribution in [1.29, 1.82) is 0 Å². The third-order valence-corrected chi connectivity index (χ3v) is 19.3. The molecule has 540 valence electrons. The van der Waals surface area contributed by atoms with E-state index in [1.807, 2.05) is 164 Å². The van der Waals surface area contributed by atoms with Gasteiger partial charge in [-0.15, -0.1) is 0 Å². The molecule has 0 bridgehead atoms. The maximum atomic E-state index is 12.7. The fraction of sp³-hybridized carbons (Fsp3) is 0.143. The van der Waals surface area contributed by atoms with Crippen molar-refractivity contribution >= 4 is 69.5 Å². The minimum atomic E-state index is -0.375. The van der Waals surface area contributed by atoms with Crippen LogP contribution in [-0.4, -0.2) is 97.2 Å².